The smallest absolute Gasteiger partial charge is 0.262 e. The Morgan fingerprint density at radius 1 is 0.800 bits per heavy atom. The lowest BCUT2D eigenvalue weighted by Gasteiger charge is -2.25. The fraction of sp³-hybridized carbons (Fsp3) is 0.0526. The first-order chi connectivity index (χ1) is 12.0. The van der Waals surface area contributed by atoms with Crippen LogP contribution in [-0.4, -0.2) is 8.42 Å². The van der Waals surface area contributed by atoms with E-state index in [4.69, 9.17) is 0 Å². The van der Waals surface area contributed by atoms with Crippen LogP contribution >= 0.6 is 31.9 Å². The summed E-state index contributed by atoms with van der Waals surface area (Å²) in [6.45, 7) is 0.260. The highest BCUT2D eigenvalue weighted by molar-refractivity contribution is 9.11. The number of anilines is 1. The Kier molecular flexibility index (Phi) is 5.61. The van der Waals surface area contributed by atoms with Crippen LogP contribution < -0.4 is 4.31 Å². The third kappa shape index (κ3) is 4.14. The molecule has 0 saturated heterocycles. The molecule has 0 aliphatic carbocycles. The molecule has 3 nitrogen and oxygen atoms in total. The Hall–Kier alpha value is -1.63. The summed E-state index contributed by atoms with van der Waals surface area (Å²) in [5.74, 6) is 0. The Morgan fingerprint density at radius 3 is 2.00 bits per heavy atom. The fourth-order valence-electron chi connectivity index (χ4n) is 2.46. The van der Waals surface area contributed by atoms with Crippen LogP contribution in [0.1, 0.15) is 5.56 Å². The average Bonchev–Trinajstić information content (AvgIpc) is 2.61. The van der Waals surface area contributed by atoms with E-state index in [-0.39, 0.29) is 11.4 Å². The predicted octanol–water partition coefficient (Wildman–Crippen LogP) is 5.61. The molecule has 0 atom stereocenters. The Balaban J connectivity index is 2.10. The zero-order chi connectivity index (χ0) is 17.9. The molecule has 0 aromatic heterocycles. The number of halogens is 2. The van der Waals surface area contributed by atoms with E-state index >= 15 is 0 Å². The lowest BCUT2D eigenvalue weighted by atomic mass is 10.2. The number of benzene rings is 3. The highest BCUT2D eigenvalue weighted by atomic mass is 79.9. The van der Waals surface area contributed by atoms with Gasteiger partial charge < -0.3 is 0 Å². The van der Waals surface area contributed by atoms with Crippen molar-refractivity contribution < 1.29 is 8.42 Å². The fourth-order valence-corrected chi connectivity index (χ4v) is 5.62. The first-order valence-electron chi connectivity index (χ1n) is 7.55. The molecule has 0 saturated carbocycles. The van der Waals surface area contributed by atoms with Gasteiger partial charge in [0.15, 0.2) is 0 Å². The van der Waals surface area contributed by atoms with Crippen LogP contribution in [0, 0.1) is 0 Å². The first kappa shape index (κ1) is 18.2. The number of hydrogen-bond acceptors (Lipinski definition) is 2. The molecule has 0 aliphatic heterocycles. The summed E-state index contributed by atoms with van der Waals surface area (Å²) in [5, 5.41) is 0. The Labute approximate surface area is 164 Å². The topological polar surface area (TPSA) is 37.4 Å². The van der Waals surface area contributed by atoms with Crippen molar-refractivity contribution in [2.45, 2.75) is 11.4 Å². The molecular formula is C19H15Br2NO2S. The normalized spacial score (nSPS) is 11.3. The largest absolute Gasteiger partial charge is 0.265 e. The maximum absolute atomic E-state index is 13.3. The van der Waals surface area contributed by atoms with E-state index in [0.29, 0.717) is 10.2 Å². The second-order valence-corrected chi connectivity index (χ2v) is 9.01. The molecule has 0 aliphatic rings. The number of nitrogens with zero attached hydrogens (tertiary/aromatic N) is 1. The van der Waals surface area contributed by atoms with Crippen molar-refractivity contribution >= 4 is 47.6 Å². The van der Waals surface area contributed by atoms with Gasteiger partial charge in [0.2, 0.25) is 0 Å². The number of sulfonamides is 1. The molecule has 3 aromatic carbocycles. The number of para-hydroxylation sites is 1. The van der Waals surface area contributed by atoms with Crippen LogP contribution in [0.3, 0.4) is 0 Å². The van der Waals surface area contributed by atoms with Gasteiger partial charge in [0.25, 0.3) is 10.0 Å². The molecule has 0 radical (unpaired) electrons. The quantitative estimate of drug-likeness (QED) is 0.476. The number of hydrogen-bond donors (Lipinski definition) is 0. The van der Waals surface area contributed by atoms with Crippen LogP contribution in [0.2, 0.25) is 0 Å². The summed E-state index contributed by atoms with van der Waals surface area (Å²) in [6.07, 6.45) is 0. The molecule has 0 bridgehead atoms. The Bertz CT molecular complexity index is 961. The molecule has 0 fully saturated rings. The molecule has 25 heavy (non-hydrogen) atoms. The van der Waals surface area contributed by atoms with Gasteiger partial charge in [-0.05, 0) is 51.8 Å². The van der Waals surface area contributed by atoms with Crippen LogP contribution in [0.15, 0.2) is 92.7 Å². The molecule has 3 rings (SSSR count). The van der Waals surface area contributed by atoms with Crippen LogP contribution in [0.25, 0.3) is 0 Å². The number of rotatable bonds is 5. The molecule has 0 heterocycles. The summed E-state index contributed by atoms with van der Waals surface area (Å²) >= 11 is 6.73. The maximum Gasteiger partial charge on any atom is 0.265 e. The molecule has 3 aromatic rings. The van der Waals surface area contributed by atoms with Crippen molar-refractivity contribution in [1.29, 1.82) is 0 Å². The van der Waals surface area contributed by atoms with Crippen molar-refractivity contribution in [3.05, 3.63) is 93.4 Å². The third-order valence-electron chi connectivity index (χ3n) is 3.68. The summed E-state index contributed by atoms with van der Waals surface area (Å²) < 4.78 is 29.5. The van der Waals surface area contributed by atoms with E-state index in [0.717, 1.165) is 10.0 Å². The van der Waals surface area contributed by atoms with E-state index in [1.54, 1.807) is 30.3 Å². The van der Waals surface area contributed by atoms with Gasteiger partial charge in [-0.2, -0.15) is 0 Å². The minimum Gasteiger partial charge on any atom is -0.262 e. The van der Waals surface area contributed by atoms with E-state index in [9.17, 15) is 8.42 Å². The van der Waals surface area contributed by atoms with E-state index < -0.39 is 10.0 Å². The van der Waals surface area contributed by atoms with Crippen LogP contribution in [0.4, 0.5) is 5.69 Å². The monoisotopic (exact) mass is 479 g/mol. The predicted molar refractivity (Wildman–Crippen MR) is 108 cm³/mol. The lowest BCUT2D eigenvalue weighted by molar-refractivity contribution is 0.590. The molecule has 0 N–H and O–H groups in total. The van der Waals surface area contributed by atoms with Crippen molar-refractivity contribution in [3.8, 4) is 0 Å². The van der Waals surface area contributed by atoms with Gasteiger partial charge in [-0.3, -0.25) is 4.31 Å². The standard InChI is InChI=1S/C19H15Br2NO2S/c20-16-11-12-19(18(21)13-16)25(23,24)22(17-9-5-2-6-10-17)14-15-7-3-1-4-8-15/h1-13H,14H2. The van der Waals surface area contributed by atoms with Gasteiger partial charge in [0, 0.05) is 8.95 Å². The Morgan fingerprint density at radius 2 is 1.40 bits per heavy atom. The summed E-state index contributed by atoms with van der Waals surface area (Å²) in [5.41, 5.74) is 1.55. The van der Waals surface area contributed by atoms with Crippen molar-refractivity contribution in [1.82, 2.24) is 0 Å². The zero-order valence-corrected chi connectivity index (χ0v) is 17.1. The zero-order valence-electron chi connectivity index (χ0n) is 13.1. The minimum atomic E-state index is -3.73. The van der Waals surface area contributed by atoms with Crippen LogP contribution in [-0.2, 0) is 16.6 Å². The van der Waals surface area contributed by atoms with Crippen molar-refractivity contribution in [2.24, 2.45) is 0 Å². The molecule has 0 unspecified atom stereocenters. The van der Waals surface area contributed by atoms with Gasteiger partial charge in [0.05, 0.1) is 12.2 Å². The van der Waals surface area contributed by atoms with Gasteiger partial charge >= 0.3 is 0 Å². The first-order valence-corrected chi connectivity index (χ1v) is 10.6. The lowest BCUT2D eigenvalue weighted by Crippen LogP contribution is -2.30. The van der Waals surface area contributed by atoms with E-state index in [1.165, 1.54) is 4.31 Å². The van der Waals surface area contributed by atoms with Crippen molar-refractivity contribution in [2.75, 3.05) is 4.31 Å². The van der Waals surface area contributed by atoms with Gasteiger partial charge in [-0.25, -0.2) is 8.42 Å². The SMILES string of the molecule is O=S(=O)(c1ccc(Br)cc1Br)N(Cc1ccccc1)c1ccccc1. The highest BCUT2D eigenvalue weighted by Crippen LogP contribution is 2.31. The van der Waals surface area contributed by atoms with Crippen LogP contribution in [0.5, 0.6) is 0 Å². The molecule has 128 valence electrons. The molecule has 0 spiro atoms. The summed E-state index contributed by atoms with van der Waals surface area (Å²) in [7, 11) is -3.73. The molecule has 6 heteroatoms. The third-order valence-corrected chi connectivity index (χ3v) is 6.92. The van der Waals surface area contributed by atoms with Crippen molar-refractivity contribution in [3.63, 3.8) is 0 Å². The maximum atomic E-state index is 13.3. The van der Waals surface area contributed by atoms with E-state index in [1.807, 2.05) is 48.5 Å². The second-order valence-electron chi connectivity index (χ2n) is 5.41. The highest BCUT2D eigenvalue weighted by Gasteiger charge is 2.27. The van der Waals surface area contributed by atoms with E-state index in [2.05, 4.69) is 31.9 Å². The average molecular weight is 481 g/mol. The second kappa shape index (κ2) is 7.72. The van der Waals surface area contributed by atoms with Gasteiger partial charge in [0.1, 0.15) is 4.90 Å². The van der Waals surface area contributed by atoms with Gasteiger partial charge in [-0.1, -0.05) is 64.5 Å². The minimum absolute atomic E-state index is 0.232. The summed E-state index contributed by atoms with van der Waals surface area (Å²) in [6, 6.07) is 23.7. The van der Waals surface area contributed by atoms with Gasteiger partial charge in [-0.15, -0.1) is 0 Å². The molecule has 0 amide bonds. The molecular weight excluding hydrogens is 466 g/mol. The summed E-state index contributed by atoms with van der Waals surface area (Å²) in [4.78, 5) is 0.232.